The van der Waals surface area contributed by atoms with Crippen LogP contribution in [0.4, 0.5) is 17.1 Å². The molecule has 0 radical (unpaired) electrons. The third-order valence-electron chi connectivity index (χ3n) is 13.1. The summed E-state index contributed by atoms with van der Waals surface area (Å²) in [5, 5.41) is 7.89. The van der Waals surface area contributed by atoms with Crippen molar-refractivity contribution in [3.63, 3.8) is 0 Å². The van der Waals surface area contributed by atoms with Gasteiger partial charge in [-0.05, 0) is 143 Å². The summed E-state index contributed by atoms with van der Waals surface area (Å²) in [5.74, 6) is 0. The molecule has 2 aliphatic carbocycles. The van der Waals surface area contributed by atoms with Crippen molar-refractivity contribution in [3.05, 3.63) is 198 Å². The third-order valence-corrected chi connectivity index (χ3v) is 13.1. The second-order valence-electron chi connectivity index (χ2n) is 17.0. The number of hydrogen-bond donors (Lipinski definition) is 0. The number of nitrogens with zero attached hydrogens (tertiary/aromatic N) is 1. The standard InChI is InChI=1S/C55H43N/c1-34-30-36(31-48-42-16-7-6-14-40(42)41-15-8-9-19-47(41)53(34)48)35-22-24-37(25-23-35)56(38-26-28-45-43-17-10-12-20-49(43)54(2,3)51(45)32-38)39-27-29-46-44-18-11-13-21-50(44)55(4,5)52(46)33-39/h6-33H,1-5H3. The minimum atomic E-state index is -0.0948. The highest BCUT2D eigenvalue weighted by Gasteiger charge is 2.37. The monoisotopic (exact) mass is 717 g/mol. The minimum Gasteiger partial charge on any atom is -0.310 e. The van der Waals surface area contributed by atoms with Gasteiger partial charge in [0.25, 0.3) is 0 Å². The lowest BCUT2D eigenvalue weighted by Gasteiger charge is -2.30. The van der Waals surface area contributed by atoms with Gasteiger partial charge in [-0.1, -0.05) is 155 Å². The molecular formula is C55H43N. The zero-order valence-electron chi connectivity index (χ0n) is 32.6. The van der Waals surface area contributed by atoms with Crippen LogP contribution in [0, 0.1) is 6.92 Å². The maximum Gasteiger partial charge on any atom is 0.0465 e. The molecule has 0 atom stereocenters. The van der Waals surface area contributed by atoms with Crippen LogP contribution in [0.1, 0.15) is 55.5 Å². The number of anilines is 3. The Bertz CT molecular complexity index is 2980. The molecule has 0 aliphatic heterocycles. The van der Waals surface area contributed by atoms with E-state index in [9.17, 15) is 0 Å². The maximum atomic E-state index is 2.47. The zero-order valence-corrected chi connectivity index (χ0v) is 32.6. The highest BCUT2D eigenvalue weighted by atomic mass is 15.1. The first-order valence-corrected chi connectivity index (χ1v) is 19.9. The molecule has 0 spiro atoms. The Morgan fingerprint density at radius 1 is 0.339 bits per heavy atom. The third kappa shape index (κ3) is 4.61. The molecule has 1 heteroatoms. The van der Waals surface area contributed by atoms with E-state index in [-0.39, 0.29) is 10.8 Å². The minimum absolute atomic E-state index is 0.0948. The molecule has 2 aliphatic rings. The number of fused-ring (bicyclic) bond motifs is 12. The average Bonchev–Trinajstić information content (AvgIpc) is 3.60. The van der Waals surface area contributed by atoms with E-state index in [1.807, 2.05) is 0 Å². The predicted molar refractivity (Wildman–Crippen MR) is 239 cm³/mol. The van der Waals surface area contributed by atoms with Gasteiger partial charge < -0.3 is 4.90 Å². The smallest absolute Gasteiger partial charge is 0.0465 e. The lowest BCUT2D eigenvalue weighted by molar-refractivity contribution is 0.660. The van der Waals surface area contributed by atoms with E-state index in [2.05, 4.69) is 209 Å². The van der Waals surface area contributed by atoms with Crippen LogP contribution in [0.5, 0.6) is 0 Å². The van der Waals surface area contributed by atoms with Gasteiger partial charge in [-0.3, -0.25) is 0 Å². The number of rotatable bonds is 4. The Balaban J connectivity index is 1.07. The van der Waals surface area contributed by atoms with Crippen molar-refractivity contribution in [2.75, 3.05) is 4.90 Å². The molecule has 0 fully saturated rings. The molecule has 0 saturated heterocycles. The highest BCUT2D eigenvalue weighted by molar-refractivity contribution is 6.26. The SMILES string of the molecule is Cc1cc(-c2ccc(N(c3ccc4c(c3)C(C)(C)c3ccccc3-4)c3ccc4c(c3)C(C)(C)c3ccccc3-4)cc2)cc2c3ccccc3c3ccccc3c12. The summed E-state index contributed by atoms with van der Waals surface area (Å²) in [6.45, 7) is 11.7. The maximum absolute atomic E-state index is 2.47. The molecule has 0 amide bonds. The molecule has 1 nitrogen and oxygen atoms in total. The van der Waals surface area contributed by atoms with Crippen LogP contribution in [0.15, 0.2) is 170 Å². The first-order chi connectivity index (χ1) is 27.2. The first kappa shape index (κ1) is 32.9. The Labute approximate surface area is 329 Å². The Kier molecular flexibility index (Phi) is 6.93. The molecule has 0 N–H and O–H groups in total. The van der Waals surface area contributed by atoms with Gasteiger partial charge in [-0.2, -0.15) is 0 Å². The van der Waals surface area contributed by atoms with E-state index in [0.29, 0.717) is 0 Å². The summed E-state index contributed by atoms with van der Waals surface area (Å²) in [6.07, 6.45) is 0. The topological polar surface area (TPSA) is 3.24 Å². The largest absolute Gasteiger partial charge is 0.310 e. The normalized spacial score (nSPS) is 14.4. The quantitative estimate of drug-likeness (QED) is 0.164. The summed E-state index contributed by atoms with van der Waals surface area (Å²) in [5.41, 5.74) is 17.9. The van der Waals surface area contributed by atoms with E-state index in [4.69, 9.17) is 0 Å². The molecule has 9 aromatic rings. The van der Waals surface area contributed by atoms with Gasteiger partial charge in [0.05, 0.1) is 0 Å². The zero-order chi connectivity index (χ0) is 37.9. The molecule has 0 unspecified atom stereocenters. The van der Waals surface area contributed by atoms with Crippen molar-refractivity contribution in [2.45, 2.75) is 45.4 Å². The van der Waals surface area contributed by atoms with Crippen LogP contribution >= 0.6 is 0 Å². The van der Waals surface area contributed by atoms with E-state index < -0.39 is 0 Å². The van der Waals surface area contributed by atoms with Crippen molar-refractivity contribution in [1.29, 1.82) is 0 Å². The van der Waals surface area contributed by atoms with E-state index >= 15 is 0 Å². The number of benzene rings is 9. The van der Waals surface area contributed by atoms with Crippen LogP contribution < -0.4 is 4.90 Å². The Morgan fingerprint density at radius 2 is 0.768 bits per heavy atom. The van der Waals surface area contributed by atoms with Gasteiger partial charge >= 0.3 is 0 Å². The summed E-state index contributed by atoms with van der Waals surface area (Å²) in [7, 11) is 0. The molecule has 11 rings (SSSR count). The molecule has 0 bridgehead atoms. The van der Waals surface area contributed by atoms with Crippen molar-refractivity contribution in [2.24, 2.45) is 0 Å². The lowest BCUT2D eigenvalue weighted by atomic mass is 9.82. The van der Waals surface area contributed by atoms with Crippen molar-refractivity contribution in [3.8, 4) is 33.4 Å². The van der Waals surface area contributed by atoms with E-state index in [1.54, 1.807) is 0 Å². The molecule has 0 aromatic heterocycles. The summed E-state index contributed by atoms with van der Waals surface area (Å²) in [4.78, 5) is 2.47. The van der Waals surface area contributed by atoms with E-state index in [1.165, 1.54) is 105 Å². The molecule has 0 saturated carbocycles. The predicted octanol–water partition coefficient (Wildman–Crippen LogP) is 15.2. The van der Waals surface area contributed by atoms with Gasteiger partial charge in [-0.15, -0.1) is 0 Å². The first-order valence-electron chi connectivity index (χ1n) is 19.9. The van der Waals surface area contributed by atoms with Crippen LogP contribution in [-0.4, -0.2) is 0 Å². The second-order valence-corrected chi connectivity index (χ2v) is 17.0. The fourth-order valence-corrected chi connectivity index (χ4v) is 10.3. The highest BCUT2D eigenvalue weighted by Crippen LogP contribution is 2.53. The van der Waals surface area contributed by atoms with Crippen molar-refractivity contribution in [1.82, 2.24) is 0 Å². The van der Waals surface area contributed by atoms with Crippen LogP contribution in [0.25, 0.3) is 65.7 Å². The van der Waals surface area contributed by atoms with Crippen molar-refractivity contribution < 1.29 is 0 Å². The van der Waals surface area contributed by atoms with E-state index in [0.717, 1.165) is 5.69 Å². The Hall–Kier alpha value is -6.44. The number of hydrogen-bond acceptors (Lipinski definition) is 1. The average molecular weight is 718 g/mol. The van der Waals surface area contributed by atoms with Gasteiger partial charge in [0.2, 0.25) is 0 Å². The molecule has 268 valence electrons. The molecule has 9 aromatic carbocycles. The summed E-state index contributed by atoms with van der Waals surface area (Å²) >= 11 is 0. The summed E-state index contributed by atoms with van der Waals surface area (Å²) in [6, 6.07) is 63.8. The fourth-order valence-electron chi connectivity index (χ4n) is 10.3. The fraction of sp³-hybridized carbons (Fsp3) is 0.127. The van der Waals surface area contributed by atoms with Gasteiger partial charge in [0, 0.05) is 27.9 Å². The molecule has 0 heterocycles. The lowest BCUT2D eigenvalue weighted by Crippen LogP contribution is -2.18. The Morgan fingerprint density at radius 3 is 1.32 bits per heavy atom. The molecular weight excluding hydrogens is 675 g/mol. The van der Waals surface area contributed by atoms with Crippen molar-refractivity contribution >= 4 is 49.4 Å². The molecule has 56 heavy (non-hydrogen) atoms. The summed E-state index contributed by atoms with van der Waals surface area (Å²) < 4.78 is 0. The van der Waals surface area contributed by atoms with Crippen LogP contribution in [0.3, 0.4) is 0 Å². The van der Waals surface area contributed by atoms with Crippen LogP contribution in [0.2, 0.25) is 0 Å². The second kappa shape index (κ2) is 11.8. The van der Waals surface area contributed by atoms with Crippen LogP contribution in [-0.2, 0) is 10.8 Å². The number of aryl methyl sites for hydroxylation is 1. The van der Waals surface area contributed by atoms with Gasteiger partial charge in [-0.25, -0.2) is 0 Å². The van der Waals surface area contributed by atoms with Gasteiger partial charge in [0.1, 0.15) is 0 Å². The van der Waals surface area contributed by atoms with Gasteiger partial charge in [0.15, 0.2) is 0 Å².